The van der Waals surface area contributed by atoms with E-state index in [-0.39, 0.29) is 17.5 Å². The van der Waals surface area contributed by atoms with Gasteiger partial charge in [0, 0.05) is 16.7 Å². The van der Waals surface area contributed by atoms with Crippen molar-refractivity contribution in [1.29, 1.82) is 0 Å². The van der Waals surface area contributed by atoms with Gasteiger partial charge in [-0.1, -0.05) is 13.3 Å². The van der Waals surface area contributed by atoms with E-state index in [1.165, 1.54) is 6.92 Å². The van der Waals surface area contributed by atoms with Crippen LogP contribution in [0.1, 0.15) is 41.3 Å². The van der Waals surface area contributed by atoms with Gasteiger partial charge in [-0.25, -0.2) is 8.78 Å². The minimum absolute atomic E-state index is 0.0289. The molecule has 0 bridgehead atoms. The zero-order valence-electron chi connectivity index (χ0n) is 14.5. The normalized spacial score (nSPS) is 12.8. The summed E-state index contributed by atoms with van der Waals surface area (Å²) in [5.41, 5.74) is -1.44. The number of ketones is 1. The Morgan fingerprint density at radius 1 is 0.929 bits per heavy atom. The van der Waals surface area contributed by atoms with Gasteiger partial charge in [0.1, 0.15) is 11.6 Å². The molecule has 2 rings (SSSR count). The van der Waals surface area contributed by atoms with E-state index in [0.717, 1.165) is 30.3 Å². The molecule has 0 aromatic heterocycles. The summed E-state index contributed by atoms with van der Waals surface area (Å²) in [6.07, 6.45) is -1.04. The van der Waals surface area contributed by atoms with Crippen LogP contribution in [0.15, 0.2) is 42.5 Å². The van der Waals surface area contributed by atoms with Crippen LogP contribution >= 0.6 is 0 Å². The van der Waals surface area contributed by atoms with Crippen LogP contribution in [0.25, 0.3) is 0 Å². The Hall–Kier alpha value is -2.21. The van der Waals surface area contributed by atoms with Gasteiger partial charge in [-0.05, 0) is 48.9 Å². The first kappa shape index (κ1) is 22.1. The molecule has 28 heavy (non-hydrogen) atoms. The number of halogens is 2. The Morgan fingerprint density at radius 3 is 1.89 bits per heavy atom. The molecular formula is C17H16F2O7S2. The van der Waals surface area contributed by atoms with Gasteiger partial charge >= 0.3 is 0 Å². The van der Waals surface area contributed by atoms with E-state index in [1.807, 2.05) is 0 Å². The Labute approximate surface area is 160 Å². The van der Waals surface area contributed by atoms with Crippen molar-refractivity contribution < 1.29 is 39.5 Å². The fourth-order valence-corrected chi connectivity index (χ4v) is 5.72. The summed E-state index contributed by atoms with van der Waals surface area (Å²) in [7, 11) is -11.1. The number of carbonyl (C=O) groups excluding carboxylic acids is 1. The molecule has 2 aromatic carbocycles. The average molecular weight is 434 g/mol. The first-order chi connectivity index (χ1) is 12.8. The number of hydrogen-bond acceptors (Lipinski definition) is 5. The van der Waals surface area contributed by atoms with E-state index in [0.29, 0.717) is 12.1 Å². The average Bonchev–Trinajstić information content (AvgIpc) is 2.58. The molecule has 0 saturated heterocycles. The highest BCUT2D eigenvalue weighted by Crippen LogP contribution is 2.41. The van der Waals surface area contributed by atoms with Gasteiger partial charge in [-0.2, -0.15) is 16.8 Å². The Morgan fingerprint density at radius 2 is 1.43 bits per heavy atom. The van der Waals surface area contributed by atoms with Crippen molar-refractivity contribution in [2.75, 3.05) is 0 Å². The van der Waals surface area contributed by atoms with Gasteiger partial charge in [0.15, 0.2) is 5.78 Å². The zero-order chi connectivity index (χ0) is 21.3. The van der Waals surface area contributed by atoms with Gasteiger partial charge in [-0.3, -0.25) is 13.9 Å². The van der Waals surface area contributed by atoms with E-state index in [2.05, 4.69) is 0 Å². The van der Waals surface area contributed by atoms with E-state index >= 15 is 0 Å². The zero-order valence-corrected chi connectivity index (χ0v) is 16.1. The van der Waals surface area contributed by atoms with Crippen LogP contribution in [0.5, 0.6) is 0 Å². The largest absolute Gasteiger partial charge is 0.292 e. The highest BCUT2D eigenvalue weighted by Gasteiger charge is 2.57. The lowest BCUT2D eigenvalue weighted by Gasteiger charge is -2.28. The summed E-state index contributed by atoms with van der Waals surface area (Å²) in [6.45, 7) is 1.36. The van der Waals surface area contributed by atoms with Gasteiger partial charge in [0.25, 0.3) is 20.2 Å². The molecule has 2 aromatic rings. The maximum atomic E-state index is 14.5. The summed E-state index contributed by atoms with van der Waals surface area (Å²) in [5, 5.41) is 0. The summed E-state index contributed by atoms with van der Waals surface area (Å²) >= 11 is 0. The predicted molar refractivity (Wildman–Crippen MR) is 95.9 cm³/mol. The summed E-state index contributed by atoms with van der Waals surface area (Å²) in [4.78, 5) is 12.5. The van der Waals surface area contributed by atoms with E-state index in [4.69, 9.17) is 0 Å². The van der Waals surface area contributed by atoms with Crippen molar-refractivity contribution in [2.45, 2.75) is 23.8 Å². The molecule has 0 heterocycles. The minimum atomic E-state index is -5.57. The molecule has 0 aliphatic heterocycles. The van der Waals surface area contributed by atoms with Gasteiger partial charge in [-0.15, -0.1) is 0 Å². The van der Waals surface area contributed by atoms with Crippen LogP contribution in [0, 0.1) is 11.6 Å². The number of benzene rings is 2. The summed E-state index contributed by atoms with van der Waals surface area (Å²) < 4.78 is 91.1. The number of hydrogen-bond donors (Lipinski definition) is 2. The molecule has 152 valence electrons. The highest BCUT2D eigenvalue weighted by molar-refractivity contribution is 8.04. The Balaban J connectivity index is 2.78. The number of rotatable bonds is 7. The van der Waals surface area contributed by atoms with Crippen LogP contribution in [-0.4, -0.2) is 31.7 Å². The smallest absolute Gasteiger partial charge is 0.289 e. The van der Waals surface area contributed by atoms with E-state index in [1.54, 1.807) is 0 Å². The minimum Gasteiger partial charge on any atom is -0.289 e. The molecule has 0 saturated carbocycles. The molecule has 7 nitrogen and oxygen atoms in total. The van der Waals surface area contributed by atoms with Crippen LogP contribution < -0.4 is 0 Å². The molecule has 0 atom stereocenters. The van der Waals surface area contributed by atoms with Crippen molar-refractivity contribution in [3.63, 3.8) is 0 Å². The summed E-state index contributed by atoms with van der Waals surface area (Å²) in [6, 6.07) is 6.50. The van der Waals surface area contributed by atoms with Crippen molar-refractivity contribution in [1.82, 2.24) is 0 Å². The monoisotopic (exact) mass is 434 g/mol. The van der Waals surface area contributed by atoms with Gasteiger partial charge in [0.2, 0.25) is 4.08 Å². The lowest BCUT2D eigenvalue weighted by Crippen LogP contribution is -2.44. The van der Waals surface area contributed by atoms with Crippen LogP contribution in [0.2, 0.25) is 0 Å². The number of carbonyl (C=O) groups is 1. The third-order valence-electron chi connectivity index (χ3n) is 4.16. The highest BCUT2D eigenvalue weighted by atomic mass is 32.3. The SMILES string of the molecule is CCCC(c1cc(C(=O)c2ccc(F)cc2)ccc1F)(S(=O)(=O)O)S(=O)(=O)O. The second-order valence-corrected chi connectivity index (χ2v) is 9.54. The fourth-order valence-electron chi connectivity index (χ4n) is 2.86. The van der Waals surface area contributed by atoms with Crippen LogP contribution in [0.4, 0.5) is 8.78 Å². The lowest BCUT2D eigenvalue weighted by atomic mass is 9.98. The fraction of sp³-hybridized carbons (Fsp3) is 0.235. The molecule has 0 amide bonds. The van der Waals surface area contributed by atoms with E-state index in [9.17, 15) is 39.5 Å². The molecule has 0 fully saturated rings. The summed E-state index contributed by atoms with van der Waals surface area (Å²) in [5.74, 6) is -2.76. The maximum absolute atomic E-state index is 14.5. The first-order valence-corrected chi connectivity index (χ1v) is 10.8. The van der Waals surface area contributed by atoms with Gasteiger partial charge in [0.05, 0.1) is 0 Å². The van der Waals surface area contributed by atoms with Crippen LogP contribution in [-0.2, 0) is 24.3 Å². The third kappa shape index (κ3) is 3.83. The molecule has 0 spiro atoms. The maximum Gasteiger partial charge on any atom is 0.292 e. The second-order valence-electron chi connectivity index (χ2n) is 5.98. The predicted octanol–water partition coefficient (Wildman–Crippen LogP) is 2.92. The first-order valence-electron chi connectivity index (χ1n) is 7.89. The van der Waals surface area contributed by atoms with Crippen molar-refractivity contribution in [3.8, 4) is 0 Å². The lowest BCUT2D eigenvalue weighted by molar-refractivity contribution is 0.103. The van der Waals surface area contributed by atoms with Crippen LogP contribution in [0.3, 0.4) is 0 Å². The molecule has 0 radical (unpaired) electrons. The van der Waals surface area contributed by atoms with Crippen molar-refractivity contribution >= 4 is 26.0 Å². The Kier molecular flexibility index (Phi) is 6.04. The van der Waals surface area contributed by atoms with E-state index < -0.39 is 53.7 Å². The molecule has 2 N–H and O–H groups in total. The van der Waals surface area contributed by atoms with Crippen molar-refractivity contribution in [3.05, 3.63) is 70.8 Å². The third-order valence-corrected chi connectivity index (χ3v) is 7.94. The van der Waals surface area contributed by atoms with Crippen molar-refractivity contribution in [2.24, 2.45) is 0 Å². The second kappa shape index (κ2) is 7.66. The molecular weight excluding hydrogens is 418 g/mol. The van der Waals surface area contributed by atoms with Gasteiger partial charge < -0.3 is 0 Å². The molecule has 0 aliphatic rings. The topological polar surface area (TPSA) is 126 Å². The molecule has 0 aliphatic carbocycles. The quantitative estimate of drug-likeness (QED) is 0.507. The molecule has 0 unspecified atom stereocenters. The standard InChI is InChI=1S/C17H16F2O7S2/c1-2-9-17(27(21,22)23,28(24,25)26)14-10-12(5-8-15(14)19)16(20)11-3-6-13(18)7-4-11/h3-8,10H,2,9H2,1H3,(H,21,22,23)(H,24,25,26). The molecule has 11 heteroatoms. The Bertz CT molecular complexity index is 1080.